The number of rotatable bonds is 0. The summed E-state index contributed by atoms with van der Waals surface area (Å²) < 4.78 is 5.78. The highest BCUT2D eigenvalue weighted by molar-refractivity contribution is 6.04. The Hall–Kier alpha value is -1.51. The summed E-state index contributed by atoms with van der Waals surface area (Å²) in [5.74, 6) is 0.863. The van der Waals surface area contributed by atoms with Crippen LogP contribution in [0.5, 0.6) is 5.75 Å². The first-order valence-corrected chi connectivity index (χ1v) is 5.11. The Labute approximate surface area is 89.4 Å². The lowest BCUT2D eigenvalue weighted by Gasteiger charge is -2.26. The molecule has 1 atom stereocenters. The molecule has 80 valence electrons. The van der Waals surface area contributed by atoms with Gasteiger partial charge in [-0.3, -0.25) is 0 Å². The molecule has 1 aromatic rings. The summed E-state index contributed by atoms with van der Waals surface area (Å²) in [6, 6.07) is 3.98. The molecular formula is C12H15NO2. The minimum Gasteiger partial charge on any atom is -0.489 e. The minimum atomic E-state index is 0.0731. The molecule has 0 radical (unpaired) electrons. The highest BCUT2D eigenvalue weighted by atomic mass is 16.5. The van der Waals surface area contributed by atoms with E-state index in [1.165, 1.54) is 5.56 Å². The van der Waals surface area contributed by atoms with Crippen LogP contribution in [0.1, 0.15) is 30.0 Å². The topological polar surface area (TPSA) is 41.8 Å². The molecule has 3 nitrogen and oxygen atoms in total. The zero-order valence-electron chi connectivity index (χ0n) is 9.24. The van der Waals surface area contributed by atoms with Crippen molar-refractivity contribution in [3.63, 3.8) is 0 Å². The summed E-state index contributed by atoms with van der Waals surface area (Å²) in [7, 11) is 0. The lowest BCUT2D eigenvalue weighted by Crippen LogP contribution is -2.25. The number of hydrogen-bond donors (Lipinski definition) is 1. The molecule has 3 heteroatoms. The first kappa shape index (κ1) is 10.0. The number of benzene rings is 1. The SMILES string of the molecule is Cc1ccc2c(c1C)OC(C)C/C2=N\O. The van der Waals surface area contributed by atoms with E-state index in [9.17, 15) is 0 Å². The van der Waals surface area contributed by atoms with Gasteiger partial charge in [-0.2, -0.15) is 0 Å². The fourth-order valence-corrected chi connectivity index (χ4v) is 1.89. The zero-order valence-corrected chi connectivity index (χ0v) is 9.24. The average Bonchev–Trinajstić information content (AvgIpc) is 2.23. The molecule has 1 heterocycles. The molecule has 1 aromatic carbocycles. The van der Waals surface area contributed by atoms with Gasteiger partial charge in [0, 0.05) is 12.0 Å². The summed E-state index contributed by atoms with van der Waals surface area (Å²) in [4.78, 5) is 0. The molecule has 0 bridgehead atoms. The molecule has 1 N–H and O–H groups in total. The van der Waals surface area contributed by atoms with Crippen LogP contribution in [0.2, 0.25) is 0 Å². The number of fused-ring (bicyclic) bond motifs is 1. The van der Waals surface area contributed by atoms with Gasteiger partial charge < -0.3 is 9.94 Å². The Morgan fingerprint density at radius 2 is 2.13 bits per heavy atom. The molecule has 2 rings (SSSR count). The van der Waals surface area contributed by atoms with Crippen LogP contribution < -0.4 is 4.74 Å². The van der Waals surface area contributed by atoms with E-state index in [4.69, 9.17) is 9.94 Å². The third kappa shape index (κ3) is 1.58. The Bertz CT molecular complexity index is 424. The van der Waals surface area contributed by atoms with Crippen LogP contribution in [0, 0.1) is 13.8 Å². The largest absolute Gasteiger partial charge is 0.489 e. The van der Waals surface area contributed by atoms with E-state index < -0.39 is 0 Å². The van der Waals surface area contributed by atoms with Crippen molar-refractivity contribution in [2.75, 3.05) is 0 Å². The van der Waals surface area contributed by atoms with Gasteiger partial charge in [-0.25, -0.2) is 0 Å². The second-order valence-electron chi connectivity index (χ2n) is 4.06. The van der Waals surface area contributed by atoms with Crippen LogP contribution >= 0.6 is 0 Å². The van der Waals surface area contributed by atoms with E-state index in [0.717, 1.165) is 16.9 Å². The molecule has 15 heavy (non-hydrogen) atoms. The molecule has 1 aliphatic heterocycles. The minimum absolute atomic E-state index is 0.0731. The quantitative estimate of drug-likeness (QED) is 0.522. The van der Waals surface area contributed by atoms with Crippen molar-refractivity contribution in [3.05, 3.63) is 28.8 Å². The fourth-order valence-electron chi connectivity index (χ4n) is 1.89. The maximum absolute atomic E-state index is 8.95. The Kier molecular flexibility index (Phi) is 2.39. The molecule has 0 spiro atoms. The van der Waals surface area contributed by atoms with Crippen molar-refractivity contribution in [3.8, 4) is 5.75 Å². The van der Waals surface area contributed by atoms with Crippen molar-refractivity contribution in [1.82, 2.24) is 0 Å². The van der Waals surface area contributed by atoms with E-state index in [2.05, 4.69) is 5.16 Å². The first-order valence-electron chi connectivity index (χ1n) is 5.11. The average molecular weight is 205 g/mol. The van der Waals surface area contributed by atoms with E-state index in [-0.39, 0.29) is 6.10 Å². The predicted octanol–water partition coefficient (Wildman–Crippen LogP) is 2.65. The molecular weight excluding hydrogens is 190 g/mol. The summed E-state index contributed by atoms with van der Waals surface area (Å²) in [5, 5.41) is 12.3. The third-order valence-electron chi connectivity index (χ3n) is 2.91. The highest BCUT2D eigenvalue weighted by Crippen LogP contribution is 2.32. The second-order valence-corrected chi connectivity index (χ2v) is 4.06. The van der Waals surface area contributed by atoms with Gasteiger partial charge >= 0.3 is 0 Å². The van der Waals surface area contributed by atoms with Gasteiger partial charge in [0.25, 0.3) is 0 Å². The van der Waals surface area contributed by atoms with Gasteiger partial charge in [0.15, 0.2) is 0 Å². The van der Waals surface area contributed by atoms with E-state index in [1.54, 1.807) is 0 Å². The lowest BCUT2D eigenvalue weighted by atomic mass is 9.96. The molecule has 0 aromatic heterocycles. The first-order chi connectivity index (χ1) is 7.13. The molecule has 0 saturated heterocycles. The van der Waals surface area contributed by atoms with Gasteiger partial charge in [0.2, 0.25) is 0 Å². The molecule has 0 amide bonds. The summed E-state index contributed by atoms with van der Waals surface area (Å²) in [6.45, 7) is 6.06. The third-order valence-corrected chi connectivity index (χ3v) is 2.91. The summed E-state index contributed by atoms with van der Waals surface area (Å²) >= 11 is 0. The van der Waals surface area contributed by atoms with Gasteiger partial charge in [-0.15, -0.1) is 0 Å². The maximum atomic E-state index is 8.95. The number of hydrogen-bond acceptors (Lipinski definition) is 3. The van der Waals surface area contributed by atoms with E-state index in [0.29, 0.717) is 12.1 Å². The van der Waals surface area contributed by atoms with Gasteiger partial charge in [0.05, 0.1) is 5.71 Å². The van der Waals surface area contributed by atoms with Crippen LogP contribution in [0.15, 0.2) is 17.3 Å². The van der Waals surface area contributed by atoms with Crippen LogP contribution in [0.3, 0.4) is 0 Å². The van der Waals surface area contributed by atoms with Crippen LogP contribution in [-0.4, -0.2) is 17.0 Å². The van der Waals surface area contributed by atoms with Gasteiger partial charge in [-0.1, -0.05) is 11.2 Å². The normalized spacial score (nSPS) is 22.3. The molecule has 1 unspecified atom stereocenters. The number of ether oxygens (including phenoxy) is 1. The lowest BCUT2D eigenvalue weighted by molar-refractivity contribution is 0.216. The standard InChI is InChI=1S/C12H15NO2/c1-7-4-5-10-11(13-14)6-8(2)15-12(10)9(7)3/h4-5,8,14H,6H2,1-3H3/b13-11+. The molecule has 0 saturated carbocycles. The van der Waals surface area contributed by atoms with Crippen molar-refractivity contribution >= 4 is 5.71 Å². The molecule has 0 fully saturated rings. The number of nitrogens with zero attached hydrogens (tertiary/aromatic N) is 1. The van der Waals surface area contributed by atoms with E-state index >= 15 is 0 Å². The van der Waals surface area contributed by atoms with Gasteiger partial charge in [-0.05, 0) is 38.0 Å². The van der Waals surface area contributed by atoms with Crippen LogP contribution in [0.25, 0.3) is 0 Å². The maximum Gasteiger partial charge on any atom is 0.132 e. The van der Waals surface area contributed by atoms with E-state index in [1.807, 2.05) is 32.9 Å². The predicted molar refractivity (Wildman–Crippen MR) is 58.9 cm³/mol. The van der Waals surface area contributed by atoms with Crippen molar-refractivity contribution in [2.45, 2.75) is 33.3 Å². The molecule has 1 aliphatic rings. The number of aryl methyl sites for hydroxylation is 1. The van der Waals surface area contributed by atoms with Gasteiger partial charge in [0.1, 0.15) is 11.9 Å². The molecule has 0 aliphatic carbocycles. The summed E-state index contributed by atoms with van der Waals surface area (Å²) in [6.07, 6.45) is 0.732. The van der Waals surface area contributed by atoms with Crippen molar-refractivity contribution < 1.29 is 9.94 Å². The fraction of sp³-hybridized carbons (Fsp3) is 0.417. The van der Waals surface area contributed by atoms with Crippen LogP contribution in [0.4, 0.5) is 0 Å². The summed E-state index contributed by atoms with van der Waals surface area (Å²) in [5.41, 5.74) is 3.95. The Morgan fingerprint density at radius 1 is 1.40 bits per heavy atom. The Balaban J connectivity index is 2.61. The highest BCUT2D eigenvalue weighted by Gasteiger charge is 2.24. The monoisotopic (exact) mass is 205 g/mol. The number of oxime groups is 1. The zero-order chi connectivity index (χ0) is 11.0. The van der Waals surface area contributed by atoms with Crippen molar-refractivity contribution in [1.29, 1.82) is 0 Å². The smallest absolute Gasteiger partial charge is 0.132 e. The van der Waals surface area contributed by atoms with Crippen LogP contribution in [-0.2, 0) is 0 Å². The van der Waals surface area contributed by atoms with Crippen molar-refractivity contribution in [2.24, 2.45) is 5.16 Å². The Morgan fingerprint density at radius 3 is 2.80 bits per heavy atom. The second kappa shape index (κ2) is 3.57.